The molecular weight excluding hydrogens is 204 g/mol. The van der Waals surface area contributed by atoms with Crippen LogP contribution in [0.5, 0.6) is 0 Å². The van der Waals surface area contributed by atoms with E-state index in [9.17, 15) is 4.79 Å². The second kappa shape index (κ2) is 5.04. The van der Waals surface area contributed by atoms with Crippen molar-refractivity contribution in [3.63, 3.8) is 0 Å². The lowest BCUT2D eigenvalue weighted by molar-refractivity contribution is -0.702. The summed E-state index contributed by atoms with van der Waals surface area (Å²) in [6.45, 7) is 12.7. The lowest BCUT2D eigenvalue weighted by Gasteiger charge is -2.34. The number of hydrogen-bond acceptors (Lipinski definition) is 2. The van der Waals surface area contributed by atoms with Crippen LogP contribution < -0.4 is 5.32 Å². The monoisotopic (exact) mass is 229 g/mol. The molecule has 1 rings (SSSR count). The third-order valence-electron chi connectivity index (χ3n) is 2.81. The van der Waals surface area contributed by atoms with E-state index in [1.807, 2.05) is 25.7 Å². The van der Waals surface area contributed by atoms with Crippen molar-refractivity contribution >= 4 is 6.09 Å². The SMILES string of the molecule is CC(C)[C@@H]1CN(C(=O)OC(C)(C)C)CC[NH2+]1. The first-order valence-corrected chi connectivity index (χ1v) is 6.11. The molecule has 0 aromatic rings. The van der Waals surface area contributed by atoms with E-state index in [-0.39, 0.29) is 6.09 Å². The first-order chi connectivity index (χ1) is 7.29. The fourth-order valence-corrected chi connectivity index (χ4v) is 1.84. The summed E-state index contributed by atoms with van der Waals surface area (Å²) in [6, 6.07) is 0.501. The number of quaternary nitrogens is 1. The molecule has 1 heterocycles. The number of hydrogen-bond donors (Lipinski definition) is 1. The van der Waals surface area contributed by atoms with Gasteiger partial charge in [0.2, 0.25) is 0 Å². The Kier molecular flexibility index (Phi) is 4.19. The highest BCUT2D eigenvalue weighted by molar-refractivity contribution is 5.68. The molecule has 4 heteroatoms. The van der Waals surface area contributed by atoms with Crippen molar-refractivity contribution < 1.29 is 14.8 Å². The van der Waals surface area contributed by atoms with Crippen LogP contribution in [0.2, 0.25) is 0 Å². The molecule has 0 aromatic carbocycles. The van der Waals surface area contributed by atoms with Crippen LogP contribution in [-0.4, -0.2) is 42.3 Å². The Hall–Kier alpha value is -0.770. The molecule has 1 fully saturated rings. The van der Waals surface area contributed by atoms with E-state index in [2.05, 4.69) is 19.2 Å². The maximum absolute atomic E-state index is 11.9. The second-order valence-electron chi connectivity index (χ2n) is 5.86. The zero-order valence-corrected chi connectivity index (χ0v) is 11.1. The van der Waals surface area contributed by atoms with E-state index in [4.69, 9.17) is 4.74 Å². The van der Waals surface area contributed by atoms with Crippen LogP contribution in [0.15, 0.2) is 0 Å². The maximum atomic E-state index is 11.9. The van der Waals surface area contributed by atoms with E-state index >= 15 is 0 Å². The predicted molar refractivity (Wildman–Crippen MR) is 63.2 cm³/mol. The minimum atomic E-state index is -0.397. The predicted octanol–water partition coefficient (Wildman–Crippen LogP) is 0.825. The Morgan fingerprint density at radius 3 is 2.56 bits per heavy atom. The summed E-state index contributed by atoms with van der Waals surface area (Å²) < 4.78 is 5.38. The summed E-state index contributed by atoms with van der Waals surface area (Å²) >= 11 is 0. The molecule has 1 atom stereocenters. The topological polar surface area (TPSA) is 46.2 Å². The number of carbonyl (C=O) groups excluding carboxylic acids is 1. The molecule has 0 bridgehead atoms. The zero-order valence-electron chi connectivity index (χ0n) is 11.1. The number of ether oxygens (including phenoxy) is 1. The van der Waals surface area contributed by atoms with Gasteiger partial charge in [-0.15, -0.1) is 0 Å². The smallest absolute Gasteiger partial charge is 0.410 e. The van der Waals surface area contributed by atoms with Gasteiger partial charge in [0.1, 0.15) is 11.6 Å². The van der Waals surface area contributed by atoms with E-state index in [1.54, 1.807) is 0 Å². The number of nitrogens with zero attached hydrogens (tertiary/aromatic N) is 1. The van der Waals surface area contributed by atoms with Gasteiger partial charge < -0.3 is 10.1 Å². The summed E-state index contributed by atoms with van der Waals surface area (Å²) in [5.74, 6) is 0.588. The third-order valence-corrected chi connectivity index (χ3v) is 2.81. The van der Waals surface area contributed by atoms with Crippen molar-refractivity contribution in [3.8, 4) is 0 Å². The Bertz CT molecular complexity index is 246. The van der Waals surface area contributed by atoms with Crippen molar-refractivity contribution in [2.45, 2.75) is 46.3 Å². The Balaban J connectivity index is 2.50. The zero-order chi connectivity index (χ0) is 12.3. The average Bonchev–Trinajstić information content (AvgIpc) is 2.15. The number of nitrogens with two attached hydrogens (primary N) is 1. The van der Waals surface area contributed by atoms with Crippen molar-refractivity contribution in [3.05, 3.63) is 0 Å². The molecule has 1 saturated heterocycles. The highest BCUT2D eigenvalue weighted by Crippen LogP contribution is 2.11. The van der Waals surface area contributed by atoms with Crippen molar-refractivity contribution in [2.75, 3.05) is 19.6 Å². The summed E-state index contributed by atoms with van der Waals surface area (Å²) in [7, 11) is 0. The molecule has 0 saturated carbocycles. The Labute approximate surface area is 98.3 Å². The lowest BCUT2D eigenvalue weighted by Crippen LogP contribution is -2.96. The minimum Gasteiger partial charge on any atom is -0.444 e. The summed E-state index contributed by atoms with van der Waals surface area (Å²) in [6.07, 6.45) is -0.175. The standard InChI is InChI=1S/C12H24N2O2/c1-9(2)10-8-14(7-6-13-10)11(15)16-12(3,4)5/h9-10,13H,6-8H2,1-5H3/p+1/t10-/m0/s1. The van der Waals surface area contributed by atoms with E-state index in [1.165, 1.54) is 0 Å². The number of carbonyl (C=O) groups is 1. The van der Waals surface area contributed by atoms with Crippen LogP contribution in [0.3, 0.4) is 0 Å². The molecular formula is C12H25N2O2+. The van der Waals surface area contributed by atoms with E-state index < -0.39 is 5.60 Å². The van der Waals surface area contributed by atoms with Gasteiger partial charge in [-0.2, -0.15) is 0 Å². The summed E-state index contributed by atoms with van der Waals surface area (Å²) in [4.78, 5) is 13.7. The van der Waals surface area contributed by atoms with Gasteiger partial charge >= 0.3 is 6.09 Å². The highest BCUT2D eigenvalue weighted by atomic mass is 16.6. The summed E-state index contributed by atoms with van der Waals surface area (Å²) in [5.41, 5.74) is -0.397. The third kappa shape index (κ3) is 4.00. The molecule has 1 aliphatic rings. The quantitative estimate of drug-likeness (QED) is 0.724. The number of piperazine rings is 1. The average molecular weight is 229 g/mol. The van der Waals surface area contributed by atoms with Gasteiger partial charge in [-0.05, 0) is 20.8 Å². The molecule has 94 valence electrons. The van der Waals surface area contributed by atoms with Crippen LogP contribution in [0.1, 0.15) is 34.6 Å². The van der Waals surface area contributed by atoms with Crippen molar-refractivity contribution in [1.29, 1.82) is 0 Å². The molecule has 0 spiro atoms. The molecule has 0 radical (unpaired) electrons. The van der Waals surface area contributed by atoms with E-state index in [0.29, 0.717) is 12.0 Å². The van der Waals surface area contributed by atoms with Crippen LogP contribution in [0.4, 0.5) is 4.79 Å². The molecule has 1 aliphatic heterocycles. The fourth-order valence-electron chi connectivity index (χ4n) is 1.84. The van der Waals surface area contributed by atoms with Gasteiger partial charge in [0.15, 0.2) is 0 Å². The molecule has 4 nitrogen and oxygen atoms in total. The highest BCUT2D eigenvalue weighted by Gasteiger charge is 2.30. The van der Waals surface area contributed by atoms with Crippen LogP contribution in [0, 0.1) is 5.92 Å². The molecule has 0 aliphatic carbocycles. The largest absolute Gasteiger partial charge is 0.444 e. The second-order valence-corrected chi connectivity index (χ2v) is 5.86. The van der Waals surface area contributed by atoms with Gasteiger partial charge in [0.05, 0.1) is 19.6 Å². The normalized spacial score (nSPS) is 22.4. The van der Waals surface area contributed by atoms with Gasteiger partial charge in [0, 0.05) is 5.92 Å². The Morgan fingerprint density at radius 1 is 1.44 bits per heavy atom. The van der Waals surface area contributed by atoms with Crippen LogP contribution in [0.25, 0.3) is 0 Å². The lowest BCUT2D eigenvalue weighted by atomic mass is 10.0. The minimum absolute atomic E-state index is 0.175. The summed E-state index contributed by atoms with van der Waals surface area (Å²) in [5, 5.41) is 2.32. The van der Waals surface area contributed by atoms with E-state index in [0.717, 1.165) is 19.6 Å². The molecule has 0 aromatic heterocycles. The maximum Gasteiger partial charge on any atom is 0.410 e. The Morgan fingerprint density at radius 2 is 2.06 bits per heavy atom. The van der Waals surface area contributed by atoms with Crippen molar-refractivity contribution in [2.24, 2.45) is 5.92 Å². The van der Waals surface area contributed by atoms with Crippen LogP contribution >= 0.6 is 0 Å². The first-order valence-electron chi connectivity index (χ1n) is 6.11. The number of rotatable bonds is 1. The molecule has 2 N–H and O–H groups in total. The van der Waals surface area contributed by atoms with Gasteiger partial charge in [-0.3, -0.25) is 4.90 Å². The molecule has 16 heavy (non-hydrogen) atoms. The van der Waals surface area contributed by atoms with Gasteiger partial charge in [-0.25, -0.2) is 4.79 Å². The van der Waals surface area contributed by atoms with Crippen molar-refractivity contribution in [1.82, 2.24) is 4.90 Å². The fraction of sp³-hybridized carbons (Fsp3) is 0.917. The number of amides is 1. The molecule has 0 unspecified atom stereocenters. The first kappa shape index (κ1) is 13.3. The molecule has 1 amide bonds. The van der Waals surface area contributed by atoms with Gasteiger partial charge in [-0.1, -0.05) is 13.8 Å². The van der Waals surface area contributed by atoms with Gasteiger partial charge in [0.25, 0.3) is 0 Å². The van der Waals surface area contributed by atoms with Crippen LogP contribution in [-0.2, 0) is 4.74 Å².